The summed E-state index contributed by atoms with van der Waals surface area (Å²) < 4.78 is 7.15. The van der Waals surface area contributed by atoms with Crippen molar-refractivity contribution >= 4 is 5.52 Å². The third-order valence-electron chi connectivity index (χ3n) is 3.70. The van der Waals surface area contributed by atoms with Crippen molar-refractivity contribution in [1.82, 2.24) is 30.1 Å². The maximum absolute atomic E-state index is 5.41. The van der Waals surface area contributed by atoms with E-state index in [1.165, 1.54) is 0 Å². The van der Waals surface area contributed by atoms with Crippen LogP contribution < -0.4 is 5.32 Å². The lowest BCUT2D eigenvalue weighted by molar-refractivity contribution is 0.392. The molecule has 0 spiro atoms. The van der Waals surface area contributed by atoms with Crippen LogP contribution in [0, 0.1) is 0 Å². The first kappa shape index (κ1) is 11.5. The Labute approximate surface area is 115 Å². The van der Waals surface area contributed by atoms with Crippen molar-refractivity contribution in [2.45, 2.75) is 18.8 Å². The summed E-state index contributed by atoms with van der Waals surface area (Å²) in [5.74, 6) is 1.69. The van der Waals surface area contributed by atoms with Gasteiger partial charge in [-0.15, -0.1) is 0 Å². The fourth-order valence-corrected chi connectivity index (χ4v) is 2.59. The first-order valence-electron chi connectivity index (χ1n) is 6.74. The van der Waals surface area contributed by atoms with Crippen LogP contribution in [-0.2, 0) is 0 Å². The second kappa shape index (κ2) is 4.68. The van der Waals surface area contributed by atoms with Crippen LogP contribution in [0.2, 0.25) is 0 Å². The monoisotopic (exact) mass is 270 g/mol. The molecule has 1 saturated heterocycles. The molecule has 1 fully saturated rings. The Bertz CT molecular complexity index is 727. The number of nitrogens with one attached hydrogen (secondary N) is 1. The van der Waals surface area contributed by atoms with Gasteiger partial charge in [0.2, 0.25) is 0 Å². The van der Waals surface area contributed by atoms with Crippen LogP contribution in [0.1, 0.15) is 24.6 Å². The molecule has 20 heavy (non-hydrogen) atoms. The van der Waals surface area contributed by atoms with Crippen LogP contribution in [-0.4, -0.2) is 37.8 Å². The van der Waals surface area contributed by atoms with Crippen LogP contribution in [0.4, 0.5) is 0 Å². The van der Waals surface area contributed by atoms with Gasteiger partial charge in [-0.05, 0) is 25.9 Å². The van der Waals surface area contributed by atoms with Crippen LogP contribution in [0.15, 0.2) is 29.3 Å². The van der Waals surface area contributed by atoms with Gasteiger partial charge in [-0.25, -0.2) is 4.52 Å². The molecule has 0 amide bonds. The molecule has 4 heterocycles. The predicted octanol–water partition coefficient (Wildman–Crippen LogP) is 1.25. The van der Waals surface area contributed by atoms with Gasteiger partial charge in [0.25, 0.3) is 5.89 Å². The lowest BCUT2D eigenvalue weighted by Gasteiger charge is -2.18. The zero-order valence-electron chi connectivity index (χ0n) is 10.9. The van der Waals surface area contributed by atoms with Gasteiger partial charge >= 0.3 is 0 Å². The maximum atomic E-state index is 5.41. The maximum Gasteiger partial charge on any atom is 0.261 e. The molecular weight excluding hydrogens is 256 g/mol. The lowest BCUT2D eigenvalue weighted by Crippen LogP contribution is -2.27. The summed E-state index contributed by atoms with van der Waals surface area (Å²) in [7, 11) is 0. The van der Waals surface area contributed by atoms with Crippen molar-refractivity contribution < 1.29 is 4.52 Å². The zero-order chi connectivity index (χ0) is 13.4. The summed E-state index contributed by atoms with van der Waals surface area (Å²) in [6.45, 7) is 2.02. The minimum absolute atomic E-state index is 0.383. The highest BCUT2D eigenvalue weighted by molar-refractivity contribution is 5.73. The molecule has 7 nitrogen and oxygen atoms in total. The predicted molar refractivity (Wildman–Crippen MR) is 71.1 cm³/mol. The van der Waals surface area contributed by atoms with Crippen molar-refractivity contribution in [1.29, 1.82) is 0 Å². The minimum Gasteiger partial charge on any atom is -0.334 e. The van der Waals surface area contributed by atoms with E-state index in [9.17, 15) is 0 Å². The Balaban J connectivity index is 1.70. The molecule has 0 bridgehead atoms. The third kappa shape index (κ3) is 1.87. The van der Waals surface area contributed by atoms with E-state index in [1.54, 1.807) is 29.3 Å². The summed E-state index contributed by atoms with van der Waals surface area (Å²) in [4.78, 5) is 8.65. The Morgan fingerprint density at radius 3 is 3.05 bits per heavy atom. The molecule has 0 radical (unpaired) electrons. The number of aromatic nitrogens is 5. The van der Waals surface area contributed by atoms with Gasteiger partial charge in [-0.1, -0.05) is 5.16 Å². The minimum atomic E-state index is 0.383. The van der Waals surface area contributed by atoms with Crippen molar-refractivity contribution in [3.8, 4) is 11.5 Å². The number of rotatable bonds is 2. The molecule has 0 aromatic carbocycles. The second-order valence-corrected chi connectivity index (χ2v) is 4.95. The molecule has 0 aliphatic carbocycles. The first-order valence-corrected chi connectivity index (χ1v) is 6.74. The molecule has 0 unspecified atom stereocenters. The Hall–Kier alpha value is -2.28. The van der Waals surface area contributed by atoms with E-state index in [0.717, 1.165) is 42.8 Å². The molecule has 7 heteroatoms. The Morgan fingerprint density at radius 2 is 2.15 bits per heavy atom. The molecule has 1 aliphatic rings. The van der Waals surface area contributed by atoms with Crippen molar-refractivity contribution in [3.63, 3.8) is 0 Å². The summed E-state index contributed by atoms with van der Waals surface area (Å²) in [6.07, 6.45) is 9.07. The third-order valence-corrected chi connectivity index (χ3v) is 3.70. The Morgan fingerprint density at radius 1 is 1.25 bits per heavy atom. The van der Waals surface area contributed by atoms with E-state index in [2.05, 4.69) is 25.5 Å². The summed E-state index contributed by atoms with van der Waals surface area (Å²) in [5, 5.41) is 11.7. The van der Waals surface area contributed by atoms with E-state index in [0.29, 0.717) is 11.8 Å². The molecule has 102 valence electrons. The van der Waals surface area contributed by atoms with Crippen LogP contribution in [0.3, 0.4) is 0 Å². The molecule has 3 aromatic rings. The van der Waals surface area contributed by atoms with Gasteiger partial charge in [0.1, 0.15) is 0 Å². The van der Waals surface area contributed by atoms with Gasteiger partial charge in [0.05, 0.1) is 23.5 Å². The van der Waals surface area contributed by atoms with E-state index in [1.807, 2.05) is 0 Å². The standard InChI is InChI=1S/C13H14N6O/c1-3-14-4-2-9(1)12-17-13(20-18-12)10-7-16-19-6-5-15-8-11(10)19/h5-9,14H,1-4H2. The van der Waals surface area contributed by atoms with Crippen molar-refractivity contribution in [2.75, 3.05) is 13.1 Å². The normalized spacial score (nSPS) is 16.8. The van der Waals surface area contributed by atoms with Crippen LogP contribution >= 0.6 is 0 Å². The topological polar surface area (TPSA) is 81.1 Å². The molecule has 4 rings (SSSR count). The smallest absolute Gasteiger partial charge is 0.261 e. The van der Waals surface area contributed by atoms with E-state index >= 15 is 0 Å². The number of hydrogen-bond acceptors (Lipinski definition) is 6. The average Bonchev–Trinajstić information content (AvgIpc) is 3.14. The van der Waals surface area contributed by atoms with Gasteiger partial charge < -0.3 is 9.84 Å². The fraction of sp³-hybridized carbons (Fsp3) is 0.385. The summed E-state index contributed by atoms with van der Waals surface area (Å²) in [5.41, 5.74) is 1.69. The number of fused-ring (bicyclic) bond motifs is 1. The van der Waals surface area contributed by atoms with Crippen LogP contribution in [0.25, 0.3) is 17.0 Å². The lowest BCUT2D eigenvalue weighted by atomic mass is 9.98. The van der Waals surface area contributed by atoms with Gasteiger partial charge in [-0.3, -0.25) is 4.98 Å². The number of nitrogens with zero attached hydrogens (tertiary/aromatic N) is 5. The SMILES string of the molecule is c1cn2ncc(-c3nc(C4CCNCC4)no3)c2cn1. The summed E-state index contributed by atoms with van der Waals surface area (Å²) >= 11 is 0. The molecule has 0 saturated carbocycles. The van der Waals surface area contributed by atoms with Gasteiger partial charge in [0.15, 0.2) is 5.82 Å². The Kier molecular flexibility index (Phi) is 2.70. The zero-order valence-corrected chi connectivity index (χ0v) is 10.9. The average molecular weight is 270 g/mol. The second-order valence-electron chi connectivity index (χ2n) is 4.95. The van der Waals surface area contributed by atoms with Crippen LogP contribution in [0.5, 0.6) is 0 Å². The summed E-state index contributed by atoms with van der Waals surface area (Å²) in [6, 6.07) is 0. The highest BCUT2D eigenvalue weighted by atomic mass is 16.5. The number of piperidine rings is 1. The highest BCUT2D eigenvalue weighted by Gasteiger charge is 2.22. The highest BCUT2D eigenvalue weighted by Crippen LogP contribution is 2.27. The van der Waals surface area contributed by atoms with E-state index < -0.39 is 0 Å². The molecule has 0 atom stereocenters. The van der Waals surface area contributed by atoms with Gasteiger partial charge in [0, 0.05) is 18.3 Å². The van der Waals surface area contributed by atoms with Crippen molar-refractivity contribution in [2.24, 2.45) is 0 Å². The van der Waals surface area contributed by atoms with Crippen molar-refractivity contribution in [3.05, 3.63) is 30.6 Å². The largest absolute Gasteiger partial charge is 0.334 e. The van der Waals surface area contributed by atoms with E-state index in [4.69, 9.17) is 4.52 Å². The molecule has 1 aliphatic heterocycles. The van der Waals surface area contributed by atoms with E-state index in [-0.39, 0.29) is 0 Å². The van der Waals surface area contributed by atoms with Gasteiger partial charge in [-0.2, -0.15) is 10.1 Å². The first-order chi connectivity index (χ1) is 9.92. The molecule has 3 aromatic heterocycles. The molecular formula is C13H14N6O. The fourth-order valence-electron chi connectivity index (χ4n) is 2.59. The molecule has 1 N–H and O–H groups in total. The quantitative estimate of drug-likeness (QED) is 0.754. The number of hydrogen-bond donors (Lipinski definition) is 1.